The zero-order chi connectivity index (χ0) is 58.5. The fourth-order valence-corrected chi connectivity index (χ4v) is 11.2. The maximum Gasteiger partial charge on any atom is 0.306 e. The molecule has 0 fully saturated rings. The van der Waals surface area contributed by atoms with E-state index in [-0.39, 0.29) is 31.1 Å². The molecule has 0 spiro atoms. The molecule has 0 heterocycles. The van der Waals surface area contributed by atoms with Crippen LogP contribution >= 0.6 is 0 Å². The fourth-order valence-electron chi connectivity index (χ4n) is 11.2. The van der Waals surface area contributed by atoms with Crippen molar-refractivity contribution in [1.29, 1.82) is 0 Å². The van der Waals surface area contributed by atoms with Gasteiger partial charge in [-0.05, 0) is 57.8 Å². The Kier molecular flexibility index (Phi) is 68.1. The third kappa shape index (κ3) is 68.3. The molecule has 0 aromatic heterocycles. The van der Waals surface area contributed by atoms with E-state index in [1.807, 2.05) is 0 Å². The molecule has 1 atom stereocenters. The van der Waals surface area contributed by atoms with Crippen LogP contribution in [0.5, 0.6) is 0 Å². The highest BCUT2D eigenvalue weighted by atomic mass is 16.6. The van der Waals surface area contributed by atoms with Crippen molar-refractivity contribution in [3.63, 3.8) is 0 Å². The quantitative estimate of drug-likeness (QED) is 0.0261. The number of hydrogen-bond donors (Lipinski definition) is 0. The van der Waals surface area contributed by atoms with Gasteiger partial charge in [0, 0.05) is 19.3 Å². The van der Waals surface area contributed by atoms with Crippen LogP contribution < -0.4 is 0 Å². The summed E-state index contributed by atoms with van der Waals surface area (Å²) < 4.78 is 17.0. The van der Waals surface area contributed by atoms with E-state index in [0.717, 1.165) is 70.6 Å². The normalized spacial score (nSPS) is 12.2. The second kappa shape index (κ2) is 70.1. The minimum Gasteiger partial charge on any atom is -0.462 e. The summed E-state index contributed by atoms with van der Waals surface area (Å²) in [7, 11) is 0. The van der Waals surface area contributed by atoms with Crippen LogP contribution in [0.15, 0.2) is 36.5 Å². The molecule has 0 aromatic rings. The maximum atomic E-state index is 13.0. The second-order valence-corrected chi connectivity index (χ2v) is 24.9. The van der Waals surface area contributed by atoms with Gasteiger partial charge in [0.1, 0.15) is 13.2 Å². The number of allylic oxidation sites excluding steroid dienone is 6. The Morgan fingerprint density at radius 1 is 0.247 bits per heavy atom. The van der Waals surface area contributed by atoms with Gasteiger partial charge >= 0.3 is 17.9 Å². The van der Waals surface area contributed by atoms with E-state index in [9.17, 15) is 14.4 Å². The van der Waals surface area contributed by atoms with Crippen LogP contribution in [0.3, 0.4) is 0 Å². The Hall–Kier alpha value is -2.37. The lowest BCUT2D eigenvalue weighted by Crippen LogP contribution is -2.30. The maximum absolute atomic E-state index is 13.0. The lowest BCUT2D eigenvalue weighted by molar-refractivity contribution is -0.167. The summed E-state index contributed by atoms with van der Waals surface area (Å²) in [6.07, 6.45) is 87.5. The third-order valence-corrected chi connectivity index (χ3v) is 16.6. The minimum absolute atomic E-state index is 0.0660. The SMILES string of the molecule is CCCCCCC/C=C\C/C=C\C/C=C\CCCCCCCCCCCCCCC(=O)OCC(COC(=O)CCCCCCCCCCCCCC)OC(=O)CCCCCCCCCCCCCCCCCCCCCCCCCC. The number of rotatable bonds is 68. The summed E-state index contributed by atoms with van der Waals surface area (Å²) in [4.78, 5) is 38.4. The van der Waals surface area contributed by atoms with Gasteiger partial charge in [0.05, 0.1) is 0 Å². The Morgan fingerprint density at radius 2 is 0.444 bits per heavy atom. The first-order valence-corrected chi connectivity index (χ1v) is 36.5. The molecule has 1 unspecified atom stereocenters. The van der Waals surface area contributed by atoms with Crippen molar-refractivity contribution < 1.29 is 28.6 Å². The number of esters is 3. The largest absolute Gasteiger partial charge is 0.462 e. The van der Waals surface area contributed by atoms with Gasteiger partial charge in [-0.1, -0.05) is 365 Å². The average Bonchev–Trinajstić information content (AvgIpc) is 3.47. The number of ether oxygens (including phenoxy) is 3. The van der Waals surface area contributed by atoms with Crippen LogP contribution in [-0.4, -0.2) is 37.2 Å². The van der Waals surface area contributed by atoms with E-state index in [1.165, 1.54) is 295 Å². The van der Waals surface area contributed by atoms with Crippen molar-refractivity contribution in [1.82, 2.24) is 0 Å². The smallest absolute Gasteiger partial charge is 0.306 e. The molecule has 0 saturated carbocycles. The number of hydrogen-bond acceptors (Lipinski definition) is 6. The Labute approximate surface area is 506 Å². The molecular formula is C75H140O6. The second-order valence-electron chi connectivity index (χ2n) is 24.9. The molecule has 476 valence electrons. The molecule has 0 aliphatic rings. The van der Waals surface area contributed by atoms with E-state index in [2.05, 4.69) is 57.2 Å². The van der Waals surface area contributed by atoms with Crippen LogP contribution in [0, 0.1) is 0 Å². The molecule has 0 radical (unpaired) electrons. The topological polar surface area (TPSA) is 78.9 Å². The Balaban J connectivity index is 4.19. The lowest BCUT2D eigenvalue weighted by atomic mass is 10.0. The van der Waals surface area contributed by atoms with E-state index < -0.39 is 6.10 Å². The monoisotopic (exact) mass is 1140 g/mol. The molecule has 0 rings (SSSR count). The summed E-state index contributed by atoms with van der Waals surface area (Å²) in [5.41, 5.74) is 0. The van der Waals surface area contributed by atoms with Gasteiger partial charge in [0.25, 0.3) is 0 Å². The molecular weight excluding hydrogens is 997 g/mol. The number of carbonyl (C=O) groups is 3. The van der Waals surface area contributed by atoms with E-state index in [1.54, 1.807) is 0 Å². The van der Waals surface area contributed by atoms with Crippen LogP contribution in [0.4, 0.5) is 0 Å². The van der Waals surface area contributed by atoms with Crippen LogP contribution in [-0.2, 0) is 28.6 Å². The lowest BCUT2D eigenvalue weighted by Gasteiger charge is -2.18. The van der Waals surface area contributed by atoms with Crippen LogP contribution in [0.1, 0.15) is 406 Å². The molecule has 0 N–H and O–H groups in total. The molecule has 0 aliphatic heterocycles. The molecule has 81 heavy (non-hydrogen) atoms. The molecule has 0 aromatic carbocycles. The van der Waals surface area contributed by atoms with Crippen molar-refractivity contribution in [2.75, 3.05) is 13.2 Å². The number of carbonyl (C=O) groups excluding carboxylic acids is 3. The molecule has 0 saturated heterocycles. The summed E-state index contributed by atoms with van der Waals surface area (Å²) in [6, 6.07) is 0. The highest BCUT2D eigenvalue weighted by Crippen LogP contribution is 2.19. The van der Waals surface area contributed by atoms with E-state index >= 15 is 0 Å². The minimum atomic E-state index is -0.770. The van der Waals surface area contributed by atoms with Gasteiger partial charge in [0.2, 0.25) is 0 Å². The predicted octanol–water partition coefficient (Wildman–Crippen LogP) is 25.1. The third-order valence-electron chi connectivity index (χ3n) is 16.6. The van der Waals surface area contributed by atoms with Crippen LogP contribution in [0.25, 0.3) is 0 Å². The first kappa shape index (κ1) is 78.6. The number of unbranched alkanes of at least 4 members (excludes halogenated alkanes) is 51. The molecule has 6 heteroatoms. The predicted molar refractivity (Wildman–Crippen MR) is 353 cm³/mol. The Bertz CT molecular complexity index is 1350. The highest BCUT2D eigenvalue weighted by Gasteiger charge is 2.19. The molecule has 0 amide bonds. The van der Waals surface area contributed by atoms with Gasteiger partial charge in [-0.3, -0.25) is 14.4 Å². The van der Waals surface area contributed by atoms with Crippen molar-refractivity contribution in [3.05, 3.63) is 36.5 Å². The van der Waals surface area contributed by atoms with Crippen molar-refractivity contribution in [3.8, 4) is 0 Å². The van der Waals surface area contributed by atoms with Gasteiger partial charge in [0.15, 0.2) is 6.10 Å². The Morgan fingerprint density at radius 3 is 0.691 bits per heavy atom. The van der Waals surface area contributed by atoms with Gasteiger partial charge in [-0.15, -0.1) is 0 Å². The first-order chi connectivity index (χ1) is 40.0. The summed E-state index contributed by atoms with van der Waals surface area (Å²) in [6.45, 7) is 6.70. The van der Waals surface area contributed by atoms with Crippen molar-refractivity contribution >= 4 is 17.9 Å². The highest BCUT2D eigenvalue weighted by molar-refractivity contribution is 5.71. The summed E-state index contributed by atoms with van der Waals surface area (Å²) >= 11 is 0. The van der Waals surface area contributed by atoms with Crippen molar-refractivity contribution in [2.24, 2.45) is 0 Å². The summed E-state index contributed by atoms with van der Waals surface area (Å²) in [5.74, 6) is -0.837. The standard InChI is InChI=1S/C75H140O6/c1-4-7-10-13-16-19-22-25-27-29-31-33-35-37-38-39-41-42-44-46-48-50-53-56-59-62-65-68-74(77)80-71-72(70-79-73(76)67-64-61-58-55-52-24-21-18-15-12-9-6-3)81-75(78)69-66-63-60-57-54-51-49-47-45-43-40-36-34-32-30-28-26-23-20-17-14-11-8-5-2/h22,25,29,31,35,37,72H,4-21,23-24,26-28,30,32-34,36,38-71H2,1-3H3/b25-22-,31-29-,37-35-. The average molecular weight is 1140 g/mol. The molecule has 0 aliphatic carbocycles. The molecule has 0 bridgehead atoms. The van der Waals surface area contributed by atoms with Crippen LogP contribution in [0.2, 0.25) is 0 Å². The van der Waals surface area contributed by atoms with E-state index in [4.69, 9.17) is 14.2 Å². The summed E-state index contributed by atoms with van der Waals surface area (Å²) in [5, 5.41) is 0. The van der Waals surface area contributed by atoms with Gasteiger partial charge in [-0.25, -0.2) is 0 Å². The zero-order valence-corrected chi connectivity index (χ0v) is 54.8. The van der Waals surface area contributed by atoms with Crippen molar-refractivity contribution in [2.45, 2.75) is 412 Å². The zero-order valence-electron chi connectivity index (χ0n) is 54.8. The van der Waals surface area contributed by atoms with Gasteiger partial charge < -0.3 is 14.2 Å². The van der Waals surface area contributed by atoms with Gasteiger partial charge in [-0.2, -0.15) is 0 Å². The fraction of sp³-hybridized carbons (Fsp3) is 0.880. The molecule has 6 nitrogen and oxygen atoms in total. The first-order valence-electron chi connectivity index (χ1n) is 36.5. The van der Waals surface area contributed by atoms with E-state index in [0.29, 0.717) is 19.3 Å².